The molecular weight excluding hydrogens is 264 g/mol. The van der Waals surface area contributed by atoms with Crippen LogP contribution in [-0.4, -0.2) is 48.4 Å². The summed E-state index contributed by atoms with van der Waals surface area (Å²) in [6.07, 6.45) is 2.71. The molecule has 1 saturated heterocycles. The van der Waals surface area contributed by atoms with Crippen LogP contribution >= 0.6 is 0 Å². The van der Waals surface area contributed by atoms with Gasteiger partial charge in [0.25, 0.3) is 0 Å². The SMILES string of the molecule is CC(C)Oc1ccc(CN(CCO)CC2CCCN2)cc1. The standard InChI is InChI=1S/C17H28N2O2/c1-14(2)21-17-7-5-15(6-8-17)12-19(10-11-20)13-16-4-3-9-18-16/h5-8,14,16,18,20H,3-4,9-13H2,1-2H3. The van der Waals surface area contributed by atoms with E-state index in [4.69, 9.17) is 4.74 Å². The largest absolute Gasteiger partial charge is 0.491 e. The minimum absolute atomic E-state index is 0.204. The Bertz CT molecular complexity index is 400. The van der Waals surface area contributed by atoms with Crippen molar-refractivity contribution in [3.05, 3.63) is 29.8 Å². The van der Waals surface area contributed by atoms with Gasteiger partial charge in [-0.15, -0.1) is 0 Å². The van der Waals surface area contributed by atoms with Crippen molar-refractivity contribution in [2.75, 3.05) is 26.2 Å². The Hall–Kier alpha value is -1.10. The fraction of sp³-hybridized carbons (Fsp3) is 0.647. The second-order valence-corrected chi connectivity index (χ2v) is 6.06. The van der Waals surface area contributed by atoms with Crippen molar-refractivity contribution in [2.45, 2.75) is 45.4 Å². The third-order valence-corrected chi connectivity index (χ3v) is 3.76. The molecule has 2 N–H and O–H groups in total. The number of rotatable bonds is 8. The maximum atomic E-state index is 9.25. The van der Waals surface area contributed by atoms with E-state index in [0.29, 0.717) is 6.04 Å². The van der Waals surface area contributed by atoms with Crippen molar-refractivity contribution >= 4 is 0 Å². The molecule has 0 aromatic heterocycles. The average molecular weight is 292 g/mol. The summed E-state index contributed by atoms with van der Waals surface area (Å²) in [4.78, 5) is 2.32. The van der Waals surface area contributed by atoms with Gasteiger partial charge in [-0.1, -0.05) is 12.1 Å². The third-order valence-electron chi connectivity index (χ3n) is 3.76. The lowest BCUT2D eigenvalue weighted by atomic mass is 10.1. The normalized spacial score (nSPS) is 18.6. The number of nitrogens with zero attached hydrogens (tertiary/aromatic N) is 1. The number of hydrogen-bond acceptors (Lipinski definition) is 4. The Kier molecular flexibility index (Phi) is 6.49. The second kappa shape index (κ2) is 8.37. The first kappa shape index (κ1) is 16.3. The van der Waals surface area contributed by atoms with Crippen LogP contribution in [0.5, 0.6) is 5.75 Å². The first-order chi connectivity index (χ1) is 10.2. The van der Waals surface area contributed by atoms with Gasteiger partial charge in [0.1, 0.15) is 5.75 Å². The molecule has 1 heterocycles. The molecule has 21 heavy (non-hydrogen) atoms. The van der Waals surface area contributed by atoms with Crippen LogP contribution in [0.15, 0.2) is 24.3 Å². The van der Waals surface area contributed by atoms with Crippen LogP contribution in [0.1, 0.15) is 32.3 Å². The highest BCUT2D eigenvalue weighted by molar-refractivity contribution is 5.27. The molecule has 0 radical (unpaired) electrons. The zero-order valence-electron chi connectivity index (χ0n) is 13.2. The molecule has 1 fully saturated rings. The Morgan fingerprint density at radius 3 is 2.67 bits per heavy atom. The summed E-state index contributed by atoms with van der Waals surface area (Å²) >= 11 is 0. The Morgan fingerprint density at radius 2 is 2.10 bits per heavy atom. The molecule has 1 aliphatic rings. The highest BCUT2D eigenvalue weighted by Gasteiger charge is 2.17. The second-order valence-electron chi connectivity index (χ2n) is 6.06. The Labute approximate surface area is 128 Å². The molecule has 118 valence electrons. The van der Waals surface area contributed by atoms with Gasteiger partial charge in [0.05, 0.1) is 12.7 Å². The van der Waals surface area contributed by atoms with Gasteiger partial charge in [-0.2, -0.15) is 0 Å². The van der Waals surface area contributed by atoms with Gasteiger partial charge < -0.3 is 15.2 Å². The van der Waals surface area contributed by atoms with Crippen molar-refractivity contribution in [3.8, 4) is 5.75 Å². The first-order valence-electron chi connectivity index (χ1n) is 7.99. The summed E-state index contributed by atoms with van der Waals surface area (Å²) in [5.41, 5.74) is 1.26. The Balaban J connectivity index is 1.89. The number of hydrogen-bond donors (Lipinski definition) is 2. The van der Waals surface area contributed by atoms with E-state index in [0.717, 1.165) is 31.9 Å². The van der Waals surface area contributed by atoms with Crippen LogP contribution < -0.4 is 10.1 Å². The molecule has 2 rings (SSSR count). The number of ether oxygens (including phenoxy) is 1. The van der Waals surface area contributed by atoms with Crippen molar-refractivity contribution in [1.82, 2.24) is 10.2 Å². The van der Waals surface area contributed by atoms with E-state index in [9.17, 15) is 5.11 Å². The zero-order chi connectivity index (χ0) is 15.1. The quantitative estimate of drug-likeness (QED) is 0.769. The highest BCUT2D eigenvalue weighted by atomic mass is 16.5. The molecule has 4 heteroatoms. The summed E-state index contributed by atoms with van der Waals surface area (Å²) in [7, 11) is 0. The van der Waals surface area contributed by atoms with Gasteiger partial charge in [-0.3, -0.25) is 4.90 Å². The lowest BCUT2D eigenvalue weighted by Gasteiger charge is -2.25. The predicted octanol–water partition coefficient (Wildman–Crippen LogP) is 2.02. The molecule has 1 atom stereocenters. The molecule has 1 aromatic rings. The van der Waals surface area contributed by atoms with Gasteiger partial charge in [0, 0.05) is 25.7 Å². The van der Waals surface area contributed by atoms with Crippen LogP contribution in [0.25, 0.3) is 0 Å². The molecule has 0 spiro atoms. The lowest BCUT2D eigenvalue weighted by Crippen LogP contribution is -2.38. The van der Waals surface area contributed by atoms with Crippen LogP contribution in [0, 0.1) is 0 Å². The van der Waals surface area contributed by atoms with Crippen LogP contribution in [0.4, 0.5) is 0 Å². The van der Waals surface area contributed by atoms with Crippen LogP contribution in [0.3, 0.4) is 0 Å². The van der Waals surface area contributed by atoms with Gasteiger partial charge in [0.15, 0.2) is 0 Å². The molecule has 0 bridgehead atoms. The summed E-state index contributed by atoms with van der Waals surface area (Å²) in [5.74, 6) is 0.917. The molecule has 0 saturated carbocycles. The fourth-order valence-corrected chi connectivity index (χ4v) is 2.80. The maximum Gasteiger partial charge on any atom is 0.119 e. The predicted molar refractivity (Wildman–Crippen MR) is 85.6 cm³/mol. The van der Waals surface area contributed by atoms with Gasteiger partial charge in [-0.05, 0) is 50.9 Å². The van der Waals surface area contributed by atoms with Crippen molar-refractivity contribution < 1.29 is 9.84 Å². The molecule has 4 nitrogen and oxygen atoms in total. The van der Waals surface area contributed by atoms with E-state index in [-0.39, 0.29) is 12.7 Å². The molecule has 0 aliphatic carbocycles. The van der Waals surface area contributed by atoms with Crippen molar-refractivity contribution in [1.29, 1.82) is 0 Å². The topological polar surface area (TPSA) is 44.7 Å². The molecule has 0 amide bonds. The third kappa shape index (κ3) is 5.65. The molecule has 1 aliphatic heterocycles. The van der Waals surface area contributed by atoms with E-state index >= 15 is 0 Å². The van der Waals surface area contributed by atoms with Crippen molar-refractivity contribution in [2.24, 2.45) is 0 Å². The van der Waals surface area contributed by atoms with Crippen molar-refractivity contribution in [3.63, 3.8) is 0 Å². The van der Waals surface area contributed by atoms with Gasteiger partial charge in [0.2, 0.25) is 0 Å². The van der Waals surface area contributed by atoms with E-state index in [1.807, 2.05) is 26.0 Å². The van der Waals surface area contributed by atoms with E-state index < -0.39 is 0 Å². The smallest absolute Gasteiger partial charge is 0.119 e. The van der Waals surface area contributed by atoms with Crippen LogP contribution in [-0.2, 0) is 6.54 Å². The number of aliphatic hydroxyl groups is 1. The van der Waals surface area contributed by atoms with E-state index in [2.05, 4.69) is 22.3 Å². The average Bonchev–Trinajstić information content (AvgIpc) is 2.93. The zero-order valence-corrected chi connectivity index (χ0v) is 13.2. The first-order valence-corrected chi connectivity index (χ1v) is 7.99. The molecular formula is C17H28N2O2. The molecule has 1 aromatic carbocycles. The Morgan fingerprint density at radius 1 is 1.33 bits per heavy atom. The number of benzene rings is 1. The number of nitrogens with one attached hydrogen (secondary N) is 1. The lowest BCUT2D eigenvalue weighted by molar-refractivity contribution is 0.179. The van der Waals surface area contributed by atoms with E-state index in [1.165, 1.54) is 18.4 Å². The summed E-state index contributed by atoms with van der Waals surface area (Å²) in [5, 5.41) is 12.8. The minimum Gasteiger partial charge on any atom is -0.491 e. The van der Waals surface area contributed by atoms with Gasteiger partial charge >= 0.3 is 0 Å². The monoisotopic (exact) mass is 292 g/mol. The number of aliphatic hydroxyl groups excluding tert-OH is 1. The highest BCUT2D eigenvalue weighted by Crippen LogP contribution is 2.16. The van der Waals surface area contributed by atoms with Gasteiger partial charge in [-0.25, -0.2) is 0 Å². The minimum atomic E-state index is 0.204. The van der Waals surface area contributed by atoms with Crippen LogP contribution in [0.2, 0.25) is 0 Å². The van der Waals surface area contributed by atoms with E-state index in [1.54, 1.807) is 0 Å². The summed E-state index contributed by atoms with van der Waals surface area (Å²) < 4.78 is 5.67. The summed E-state index contributed by atoms with van der Waals surface area (Å²) in [6.45, 7) is 8.01. The molecule has 1 unspecified atom stereocenters. The fourth-order valence-electron chi connectivity index (χ4n) is 2.80. The summed E-state index contributed by atoms with van der Waals surface area (Å²) in [6, 6.07) is 8.86. The maximum absolute atomic E-state index is 9.25.